The normalized spacial score (nSPS) is 14.0. The third-order valence-corrected chi connectivity index (χ3v) is 16.3. The first-order chi connectivity index (χ1) is 44.0. The molecular weight excluding hydrogens is 1130 g/mol. The quantitative estimate of drug-likeness (QED) is 0.0195. The Kier molecular flexibility index (Phi) is 66.1. The molecule has 0 aromatic carbocycles. The topological polar surface area (TPSA) is 111 Å². The summed E-state index contributed by atoms with van der Waals surface area (Å²) in [6, 6.07) is 0. The minimum Gasteiger partial charge on any atom is -0.756 e. The average Bonchev–Trinajstić information content (AvgIpc) is 3.61. The molecule has 0 fully saturated rings. The maximum absolute atomic E-state index is 12.9. The number of rotatable bonds is 66. The van der Waals surface area contributed by atoms with Crippen LogP contribution in [-0.2, 0) is 32.7 Å². The third kappa shape index (κ3) is 72.9. The van der Waals surface area contributed by atoms with Crippen molar-refractivity contribution in [2.75, 3.05) is 47.5 Å². The van der Waals surface area contributed by atoms with Crippen LogP contribution in [0, 0.1) is 0 Å². The minimum atomic E-state index is -4.65. The summed E-state index contributed by atoms with van der Waals surface area (Å²) < 4.78 is 34.4. The van der Waals surface area contributed by atoms with E-state index in [0.29, 0.717) is 17.4 Å². The molecule has 2 unspecified atom stereocenters. The van der Waals surface area contributed by atoms with Gasteiger partial charge < -0.3 is 27.9 Å². The highest BCUT2D eigenvalue weighted by Crippen LogP contribution is 2.38. The molecule has 0 aliphatic heterocycles. The van der Waals surface area contributed by atoms with Crippen molar-refractivity contribution in [3.05, 3.63) is 146 Å². The predicted molar refractivity (Wildman–Crippen MR) is 387 cm³/mol. The van der Waals surface area contributed by atoms with Crippen molar-refractivity contribution in [2.45, 2.75) is 302 Å². The molecule has 90 heavy (non-hydrogen) atoms. The van der Waals surface area contributed by atoms with E-state index in [1.807, 2.05) is 21.1 Å². The number of phosphoric ester groups is 1. The van der Waals surface area contributed by atoms with E-state index < -0.39 is 26.5 Å². The Morgan fingerprint density at radius 3 is 0.889 bits per heavy atom. The summed E-state index contributed by atoms with van der Waals surface area (Å²) in [6.07, 6.45) is 102. The third-order valence-electron chi connectivity index (χ3n) is 15.4. The zero-order valence-corrected chi connectivity index (χ0v) is 59.4. The Labute approximate surface area is 554 Å². The van der Waals surface area contributed by atoms with Gasteiger partial charge in [-0.15, -0.1) is 0 Å². The molecule has 0 spiro atoms. The Bertz CT molecular complexity index is 2030. The van der Waals surface area contributed by atoms with Gasteiger partial charge in [-0.2, -0.15) is 0 Å². The SMILES string of the molecule is CC/C=C\C/C=C\C/C=C\C/C=C\C/C=C\C/C=C\CCCCCCCCCCCCCCCCCCC(=O)OC(COC(=O)CCCCCCCCCCCCCC/C=C\C/C=C\C/C=C\C/C=C\C/C=C\C/C=C\CC)COP(=O)([O-])OCC[N+](C)(C)C. The van der Waals surface area contributed by atoms with E-state index in [2.05, 4.69) is 160 Å². The molecule has 0 aliphatic carbocycles. The van der Waals surface area contributed by atoms with Crippen molar-refractivity contribution < 1.29 is 42.1 Å². The number of ether oxygens (including phenoxy) is 2. The van der Waals surface area contributed by atoms with Gasteiger partial charge in [-0.25, -0.2) is 0 Å². The number of unbranched alkanes of at least 4 members (excludes halogenated alkanes) is 28. The van der Waals surface area contributed by atoms with E-state index in [9.17, 15) is 19.0 Å². The number of esters is 2. The number of quaternary nitrogens is 1. The molecular formula is C80H136NO8P. The molecule has 0 radical (unpaired) electrons. The van der Waals surface area contributed by atoms with Gasteiger partial charge in [-0.1, -0.05) is 314 Å². The number of likely N-dealkylation sites (N-methyl/N-ethyl adjacent to an activating group) is 1. The van der Waals surface area contributed by atoms with E-state index in [4.69, 9.17) is 18.5 Å². The van der Waals surface area contributed by atoms with Gasteiger partial charge in [0.15, 0.2) is 6.10 Å². The molecule has 0 bridgehead atoms. The Morgan fingerprint density at radius 2 is 0.600 bits per heavy atom. The maximum atomic E-state index is 12.9. The molecule has 0 heterocycles. The van der Waals surface area contributed by atoms with Crippen molar-refractivity contribution in [1.82, 2.24) is 0 Å². The second kappa shape index (κ2) is 69.2. The minimum absolute atomic E-state index is 0.0362. The summed E-state index contributed by atoms with van der Waals surface area (Å²) >= 11 is 0. The molecule has 0 aromatic rings. The number of nitrogens with zero attached hydrogens (tertiary/aromatic N) is 1. The van der Waals surface area contributed by atoms with Gasteiger partial charge in [0.25, 0.3) is 7.82 Å². The largest absolute Gasteiger partial charge is 0.756 e. The lowest BCUT2D eigenvalue weighted by molar-refractivity contribution is -0.870. The molecule has 0 saturated carbocycles. The van der Waals surface area contributed by atoms with Gasteiger partial charge in [0.2, 0.25) is 0 Å². The number of phosphoric acid groups is 1. The van der Waals surface area contributed by atoms with Crippen molar-refractivity contribution >= 4 is 19.8 Å². The Hall–Kier alpha value is -4.11. The van der Waals surface area contributed by atoms with Crippen molar-refractivity contribution in [1.29, 1.82) is 0 Å². The zero-order chi connectivity index (χ0) is 65.5. The summed E-state index contributed by atoms with van der Waals surface area (Å²) in [5.41, 5.74) is 0. The molecule has 10 heteroatoms. The average molecular weight is 1270 g/mol. The van der Waals surface area contributed by atoms with Gasteiger partial charge in [-0.3, -0.25) is 14.2 Å². The highest BCUT2D eigenvalue weighted by Gasteiger charge is 2.22. The van der Waals surface area contributed by atoms with Crippen molar-refractivity contribution in [2.24, 2.45) is 0 Å². The smallest absolute Gasteiger partial charge is 0.306 e. The lowest BCUT2D eigenvalue weighted by Gasteiger charge is -2.28. The van der Waals surface area contributed by atoms with Gasteiger partial charge in [-0.05, 0) is 116 Å². The van der Waals surface area contributed by atoms with Crippen LogP contribution in [0.4, 0.5) is 0 Å². The van der Waals surface area contributed by atoms with Crippen LogP contribution in [0.3, 0.4) is 0 Å². The Balaban J connectivity index is 4.05. The lowest BCUT2D eigenvalue weighted by Crippen LogP contribution is -2.37. The van der Waals surface area contributed by atoms with Crippen LogP contribution in [0.1, 0.15) is 296 Å². The first kappa shape index (κ1) is 85.9. The van der Waals surface area contributed by atoms with Gasteiger partial charge >= 0.3 is 11.9 Å². The Morgan fingerprint density at radius 1 is 0.344 bits per heavy atom. The molecule has 514 valence electrons. The molecule has 0 aliphatic rings. The van der Waals surface area contributed by atoms with Gasteiger partial charge in [0, 0.05) is 12.8 Å². The lowest BCUT2D eigenvalue weighted by atomic mass is 10.0. The maximum Gasteiger partial charge on any atom is 0.306 e. The highest BCUT2D eigenvalue weighted by atomic mass is 31.2. The number of carbonyl (C=O) groups excluding carboxylic acids is 2. The van der Waals surface area contributed by atoms with Crippen LogP contribution in [0.15, 0.2) is 146 Å². The van der Waals surface area contributed by atoms with Crippen LogP contribution in [0.25, 0.3) is 0 Å². The zero-order valence-electron chi connectivity index (χ0n) is 58.5. The van der Waals surface area contributed by atoms with Gasteiger partial charge in [0.1, 0.15) is 19.8 Å². The first-order valence-electron chi connectivity index (χ1n) is 36.5. The standard InChI is InChI=1S/C80H136NO8P/c1-6-8-10-12-14-16-18-20-22-24-26-28-30-32-34-36-38-39-40-41-43-45-47-49-51-53-55-57-59-61-63-65-67-69-71-73-80(83)89-78(77-88-90(84,85)87-75-74-81(3,4)5)76-86-79(82)72-70-68-66-64-62-60-58-56-54-52-50-48-46-44-42-37-35-33-31-29-27-25-23-21-19-17-15-13-11-9-7-2/h8-11,14-17,20-23,26-29,32-35,38-39,42,44,78H,6-7,12-13,18-19,24-25,30-31,36-37,40-41,43,45-77H2,1-5H3/b10-8-,11-9-,16-14-,17-15-,22-20-,23-21-,28-26-,29-27-,34-32-,35-33-,39-38-,44-42-. The van der Waals surface area contributed by atoms with Crippen LogP contribution in [0.2, 0.25) is 0 Å². The molecule has 0 rings (SSSR count). The van der Waals surface area contributed by atoms with E-state index in [1.165, 1.54) is 141 Å². The van der Waals surface area contributed by atoms with E-state index in [-0.39, 0.29) is 32.0 Å². The summed E-state index contributed by atoms with van der Waals surface area (Å²) in [4.78, 5) is 38.1. The van der Waals surface area contributed by atoms with Gasteiger partial charge in [0.05, 0.1) is 27.7 Å². The second-order valence-electron chi connectivity index (χ2n) is 25.2. The molecule has 2 atom stereocenters. The molecule has 0 aromatic heterocycles. The number of allylic oxidation sites excluding steroid dienone is 24. The highest BCUT2D eigenvalue weighted by molar-refractivity contribution is 7.45. The summed E-state index contributed by atoms with van der Waals surface area (Å²) in [5, 5.41) is 0. The summed E-state index contributed by atoms with van der Waals surface area (Å²) in [5.74, 6) is -0.834. The van der Waals surface area contributed by atoms with Crippen LogP contribution in [0.5, 0.6) is 0 Å². The first-order valence-corrected chi connectivity index (χ1v) is 38.0. The monoisotopic (exact) mass is 1270 g/mol. The van der Waals surface area contributed by atoms with E-state index in [1.54, 1.807) is 0 Å². The predicted octanol–water partition coefficient (Wildman–Crippen LogP) is 23.5. The fourth-order valence-corrected chi connectivity index (χ4v) is 10.6. The fraction of sp³-hybridized carbons (Fsp3) is 0.675. The number of hydrogen-bond donors (Lipinski definition) is 0. The number of carbonyl (C=O) groups is 2. The molecule has 0 N–H and O–H groups in total. The van der Waals surface area contributed by atoms with E-state index in [0.717, 1.165) is 122 Å². The summed E-state index contributed by atoms with van der Waals surface area (Å²) in [7, 11) is 1.16. The number of hydrogen-bond acceptors (Lipinski definition) is 8. The van der Waals surface area contributed by atoms with E-state index >= 15 is 0 Å². The molecule has 0 saturated heterocycles. The fourth-order valence-electron chi connectivity index (χ4n) is 9.84. The van der Waals surface area contributed by atoms with Crippen molar-refractivity contribution in [3.63, 3.8) is 0 Å². The second-order valence-corrected chi connectivity index (χ2v) is 26.6. The van der Waals surface area contributed by atoms with Crippen molar-refractivity contribution in [3.8, 4) is 0 Å². The van der Waals surface area contributed by atoms with Crippen LogP contribution < -0.4 is 4.89 Å². The molecule has 0 amide bonds. The van der Waals surface area contributed by atoms with Crippen LogP contribution in [-0.4, -0.2) is 70.0 Å². The van der Waals surface area contributed by atoms with Crippen LogP contribution >= 0.6 is 7.82 Å². The summed E-state index contributed by atoms with van der Waals surface area (Å²) in [6.45, 7) is 4.02. The molecule has 9 nitrogen and oxygen atoms in total.